The molecule has 0 spiro atoms. The fourth-order valence-corrected chi connectivity index (χ4v) is 5.79. The van der Waals surface area contributed by atoms with Crippen LogP contribution in [-0.4, -0.2) is 59.1 Å². The molecule has 1 saturated carbocycles. The fraction of sp³-hybridized carbons (Fsp3) is 0.278. The van der Waals surface area contributed by atoms with Gasteiger partial charge in [0.2, 0.25) is 5.91 Å². The van der Waals surface area contributed by atoms with Crippen LogP contribution in [0.2, 0.25) is 0 Å². The van der Waals surface area contributed by atoms with Crippen molar-refractivity contribution in [2.24, 2.45) is 5.92 Å². The van der Waals surface area contributed by atoms with E-state index in [2.05, 4.69) is 15.2 Å². The highest BCUT2D eigenvalue weighted by molar-refractivity contribution is 6.06. The van der Waals surface area contributed by atoms with Crippen molar-refractivity contribution < 1.29 is 28.6 Å². The largest absolute Gasteiger partial charge is 0.481 e. The van der Waals surface area contributed by atoms with Gasteiger partial charge >= 0.3 is 5.97 Å². The number of carbonyl (C=O) groups is 3. The zero-order valence-electron chi connectivity index (χ0n) is 25.3. The number of carboxylic acids is 1. The third-order valence-corrected chi connectivity index (χ3v) is 8.34. The minimum atomic E-state index is -0.994. The highest BCUT2D eigenvalue weighted by Crippen LogP contribution is 2.37. The van der Waals surface area contributed by atoms with E-state index in [0.717, 1.165) is 35.2 Å². The van der Waals surface area contributed by atoms with Gasteiger partial charge in [-0.2, -0.15) is 0 Å². The Morgan fingerprint density at radius 2 is 1.74 bits per heavy atom. The summed E-state index contributed by atoms with van der Waals surface area (Å²) in [6.07, 6.45) is 4.60. The van der Waals surface area contributed by atoms with E-state index in [1.165, 1.54) is 24.3 Å². The van der Waals surface area contributed by atoms with Crippen LogP contribution in [0.15, 0.2) is 91.3 Å². The Hall–Kier alpha value is -5.09. The Bertz CT molecular complexity index is 1710. The molecule has 2 N–H and O–H groups in total. The monoisotopic (exact) mass is 622 g/mol. The number of carboxylic acid groups (broad SMARTS) is 1. The number of aliphatic carboxylic acids is 1. The SMILES string of the molecule is O=C(O)CC(c1cccnc1)N(Cc1cccc(-c2ccc(N3CCOCC3)c(NC(=O)c3ccc(F)cc3)c2)c1)C(=O)C1CC1. The van der Waals surface area contributed by atoms with Gasteiger partial charge in [0, 0.05) is 43.5 Å². The van der Waals surface area contributed by atoms with Crippen LogP contribution >= 0.6 is 0 Å². The molecule has 1 atom stereocenters. The highest BCUT2D eigenvalue weighted by atomic mass is 19.1. The van der Waals surface area contributed by atoms with Crippen LogP contribution in [0.3, 0.4) is 0 Å². The maximum Gasteiger partial charge on any atom is 0.305 e. The molecule has 2 fully saturated rings. The molecule has 46 heavy (non-hydrogen) atoms. The first-order valence-corrected chi connectivity index (χ1v) is 15.4. The number of anilines is 2. The van der Waals surface area contributed by atoms with E-state index in [4.69, 9.17) is 4.74 Å². The second-order valence-corrected chi connectivity index (χ2v) is 11.6. The minimum Gasteiger partial charge on any atom is -0.481 e. The summed E-state index contributed by atoms with van der Waals surface area (Å²) >= 11 is 0. The van der Waals surface area contributed by atoms with Crippen molar-refractivity contribution in [1.29, 1.82) is 0 Å². The molecule has 9 nitrogen and oxygen atoms in total. The Morgan fingerprint density at radius 3 is 2.43 bits per heavy atom. The Balaban J connectivity index is 1.32. The molecular formula is C36H35FN4O5. The first-order chi connectivity index (χ1) is 22.4. The van der Waals surface area contributed by atoms with Gasteiger partial charge in [0.1, 0.15) is 5.82 Å². The van der Waals surface area contributed by atoms with Gasteiger partial charge in [-0.05, 0) is 83.6 Å². The zero-order valence-corrected chi connectivity index (χ0v) is 25.3. The molecule has 4 aromatic rings. The Kier molecular flexibility index (Phi) is 9.35. The number of nitrogens with zero attached hydrogens (tertiary/aromatic N) is 3. The molecule has 1 aliphatic heterocycles. The maximum absolute atomic E-state index is 13.6. The van der Waals surface area contributed by atoms with Gasteiger partial charge in [0.25, 0.3) is 5.91 Å². The van der Waals surface area contributed by atoms with Gasteiger partial charge in [-0.25, -0.2) is 4.39 Å². The van der Waals surface area contributed by atoms with Crippen molar-refractivity contribution in [2.45, 2.75) is 31.8 Å². The summed E-state index contributed by atoms with van der Waals surface area (Å²) in [5.41, 5.74) is 5.05. The van der Waals surface area contributed by atoms with Crippen LogP contribution in [0.1, 0.15) is 46.8 Å². The summed E-state index contributed by atoms with van der Waals surface area (Å²) in [5.74, 6) is -1.92. The number of aromatic nitrogens is 1. The Labute approximate surface area is 266 Å². The van der Waals surface area contributed by atoms with E-state index in [-0.39, 0.29) is 30.7 Å². The summed E-state index contributed by atoms with van der Waals surface area (Å²) < 4.78 is 19.0. The number of halogens is 1. The normalized spacial score (nSPS) is 15.2. The first-order valence-electron chi connectivity index (χ1n) is 15.4. The number of benzene rings is 3. The van der Waals surface area contributed by atoms with Crippen LogP contribution in [0.4, 0.5) is 15.8 Å². The van der Waals surface area contributed by atoms with Gasteiger partial charge in [-0.3, -0.25) is 19.4 Å². The molecule has 2 amide bonds. The zero-order chi connectivity index (χ0) is 32.0. The second-order valence-electron chi connectivity index (χ2n) is 11.6. The summed E-state index contributed by atoms with van der Waals surface area (Å²) in [6.45, 7) is 2.73. The maximum atomic E-state index is 13.6. The van der Waals surface area contributed by atoms with Crippen molar-refractivity contribution in [2.75, 3.05) is 36.5 Å². The van der Waals surface area contributed by atoms with E-state index >= 15 is 0 Å². The van der Waals surface area contributed by atoms with Crippen molar-refractivity contribution >= 4 is 29.2 Å². The molecule has 3 aromatic carbocycles. The van der Waals surface area contributed by atoms with Gasteiger partial charge < -0.3 is 25.0 Å². The predicted octanol–water partition coefficient (Wildman–Crippen LogP) is 5.93. The Morgan fingerprint density at radius 1 is 0.978 bits per heavy atom. The summed E-state index contributed by atoms with van der Waals surface area (Å²) in [6, 6.07) is 22.0. The van der Waals surface area contributed by atoms with Crippen LogP contribution in [-0.2, 0) is 20.9 Å². The first kappa shape index (κ1) is 30.9. The molecule has 6 rings (SSSR count). The van der Waals surface area contributed by atoms with Crippen molar-refractivity contribution in [1.82, 2.24) is 9.88 Å². The number of rotatable bonds is 11. The van der Waals surface area contributed by atoms with Crippen molar-refractivity contribution in [3.05, 3.63) is 114 Å². The number of ether oxygens (including phenoxy) is 1. The van der Waals surface area contributed by atoms with E-state index < -0.39 is 17.8 Å². The van der Waals surface area contributed by atoms with Gasteiger partial charge in [0.15, 0.2) is 0 Å². The summed E-state index contributed by atoms with van der Waals surface area (Å²) in [4.78, 5) is 46.7. The molecule has 0 radical (unpaired) electrons. The molecule has 2 aliphatic rings. The van der Waals surface area contributed by atoms with Crippen LogP contribution in [0, 0.1) is 11.7 Å². The number of pyridine rings is 1. The van der Waals surface area contributed by atoms with E-state index in [1.807, 2.05) is 48.5 Å². The molecule has 1 aliphatic carbocycles. The number of carbonyl (C=O) groups excluding carboxylic acids is 2. The van der Waals surface area contributed by atoms with Gasteiger partial charge in [-0.15, -0.1) is 0 Å². The van der Waals surface area contributed by atoms with E-state index in [1.54, 1.807) is 23.4 Å². The molecular weight excluding hydrogens is 587 g/mol. The van der Waals surface area contributed by atoms with E-state index in [0.29, 0.717) is 43.1 Å². The lowest BCUT2D eigenvalue weighted by Crippen LogP contribution is -2.36. The summed E-state index contributed by atoms with van der Waals surface area (Å²) in [7, 11) is 0. The highest BCUT2D eigenvalue weighted by Gasteiger charge is 2.37. The van der Waals surface area contributed by atoms with Crippen LogP contribution in [0.25, 0.3) is 11.1 Å². The van der Waals surface area contributed by atoms with Gasteiger partial charge in [-0.1, -0.05) is 30.3 Å². The lowest BCUT2D eigenvalue weighted by molar-refractivity contribution is -0.142. The third kappa shape index (κ3) is 7.40. The summed E-state index contributed by atoms with van der Waals surface area (Å²) in [5, 5.41) is 12.8. The standard InChI is InChI=1S/C36H35FN4O5/c37-30-11-8-25(9-12-30)35(44)39-31-20-28(10-13-32(31)40-15-17-46-18-16-40)27-4-1-3-24(19-27)23-41(36(45)26-6-7-26)33(21-34(42)43)29-5-2-14-38-22-29/h1-5,8-14,19-20,22,26,33H,6-7,15-18,21,23H2,(H,39,44)(H,42,43). The van der Waals surface area contributed by atoms with Gasteiger partial charge in [0.05, 0.1) is 37.1 Å². The van der Waals surface area contributed by atoms with Crippen molar-refractivity contribution in [3.8, 4) is 11.1 Å². The number of nitrogens with one attached hydrogen (secondary N) is 1. The predicted molar refractivity (Wildman–Crippen MR) is 172 cm³/mol. The molecule has 10 heteroatoms. The van der Waals surface area contributed by atoms with Crippen LogP contribution < -0.4 is 10.2 Å². The number of hydrogen-bond acceptors (Lipinski definition) is 6. The lowest BCUT2D eigenvalue weighted by Gasteiger charge is -2.32. The third-order valence-electron chi connectivity index (χ3n) is 8.34. The molecule has 236 valence electrons. The smallest absolute Gasteiger partial charge is 0.305 e. The number of hydrogen-bond donors (Lipinski definition) is 2. The molecule has 1 aromatic heterocycles. The van der Waals surface area contributed by atoms with Crippen LogP contribution in [0.5, 0.6) is 0 Å². The number of morpholine rings is 1. The molecule has 1 unspecified atom stereocenters. The second kappa shape index (κ2) is 13.9. The lowest BCUT2D eigenvalue weighted by atomic mass is 9.99. The average Bonchev–Trinajstić information content (AvgIpc) is 3.93. The molecule has 2 heterocycles. The van der Waals surface area contributed by atoms with Crippen molar-refractivity contribution in [3.63, 3.8) is 0 Å². The molecule has 1 saturated heterocycles. The van der Waals surface area contributed by atoms with E-state index in [9.17, 15) is 23.9 Å². The fourth-order valence-electron chi connectivity index (χ4n) is 5.79. The molecule has 0 bridgehead atoms. The topological polar surface area (TPSA) is 112 Å². The minimum absolute atomic E-state index is 0.0545. The average molecular weight is 623 g/mol. The quantitative estimate of drug-likeness (QED) is 0.213. The number of amides is 2.